The smallest absolute Gasteiger partial charge is 0.256 e. The largest absolute Gasteiger partial charge is 0.378 e. The van der Waals surface area contributed by atoms with Gasteiger partial charge in [-0.3, -0.25) is 4.79 Å². The van der Waals surface area contributed by atoms with Crippen molar-refractivity contribution in [3.05, 3.63) is 71.4 Å². The molecule has 0 bridgehead atoms. The van der Waals surface area contributed by atoms with Gasteiger partial charge in [0, 0.05) is 37.8 Å². The van der Waals surface area contributed by atoms with Crippen molar-refractivity contribution in [2.75, 3.05) is 37.7 Å². The molecule has 2 aliphatic rings. The molecule has 5 rings (SSSR count). The summed E-state index contributed by atoms with van der Waals surface area (Å²) in [4.78, 5) is 22.3. The predicted octanol–water partition coefficient (Wildman–Crippen LogP) is 3.27. The number of nitrogens with zero attached hydrogens (tertiary/aromatic N) is 3. The van der Waals surface area contributed by atoms with Crippen LogP contribution in [0.5, 0.6) is 0 Å². The first-order valence-corrected chi connectivity index (χ1v) is 9.88. The van der Waals surface area contributed by atoms with Gasteiger partial charge < -0.3 is 14.5 Å². The van der Waals surface area contributed by atoms with Gasteiger partial charge in [-0.05, 0) is 22.9 Å². The minimum atomic E-state index is 0.0618. The average molecular weight is 373 g/mol. The van der Waals surface area contributed by atoms with E-state index in [-0.39, 0.29) is 5.91 Å². The Bertz CT molecular complexity index is 1030. The summed E-state index contributed by atoms with van der Waals surface area (Å²) >= 11 is 0. The average Bonchev–Trinajstić information content (AvgIpc) is 2.78. The zero-order valence-corrected chi connectivity index (χ0v) is 15.8. The number of aromatic nitrogens is 1. The Morgan fingerprint density at radius 1 is 0.893 bits per heavy atom. The summed E-state index contributed by atoms with van der Waals surface area (Å²) in [5, 5.41) is 2.01. The molecule has 0 aliphatic carbocycles. The molecule has 28 heavy (non-hydrogen) atoms. The molecular formula is C23H23N3O2. The molecule has 0 unspecified atom stereocenters. The Morgan fingerprint density at radius 3 is 2.43 bits per heavy atom. The van der Waals surface area contributed by atoms with E-state index in [1.54, 1.807) is 6.20 Å². The van der Waals surface area contributed by atoms with Crippen molar-refractivity contribution in [3.63, 3.8) is 0 Å². The van der Waals surface area contributed by atoms with Gasteiger partial charge in [0.05, 0.1) is 18.8 Å². The second-order valence-electron chi connectivity index (χ2n) is 7.39. The normalized spacial score (nSPS) is 16.9. The molecule has 0 saturated carbocycles. The van der Waals surface area contributed by atoms with Crippen molar-refractivity contribution in [1.82, 2.24) is 9.88 Å². The van der Waals surface area contributed by atoms with E-state index in [2.05, 4.69) is 29.2 Å². The molecule has 3 aromatic rings. The van der Waals surface area contributed by atoms with Gasteiger partial charge in [-0.25, -0.2) is 4.98 Å². The van der Waals surface area contributed by atoms with Crippen LogP contribution in [0.3, 0.4) is 0 Å². The van der Waals surface area contributed by atoms with Gasteiger partial charge in [-0.1, -0.05) is 48.5 Å². The molecule has 5 nitrogen and oxygen atoms in total. The first kappa shape index (κ1) is 17.2. The molecule has 142 valence electrons. The predicted molar refractivity (Wildman–Crippen MR) is 110 cm³/mol. The van der Waals surface area contributed by atoms with E-state index in [9.17, 15) is 4.79 Å². The number of ether oxygens (including phenoxy) is 1. The Hall–Kier alpha value is -2.92. The quantitative estimate of drug-likeness (QED) is 0.692. The molecule has 2 aliphatic heterocycles. The fourth-order valence-electron chi connectivity index (χ4n) is 4.21. The van der Waals surface area contributed by atoms with Crippen molar-refractivity contribution in [2.45, 2.75) is 13.0 Å². The molecule has 1 amide bonds. The minimum absolute atomic E-state index is 0.0618. The van der Waals surface area contributed by atoms with Crippen molar-refractivity contribution in [2.24, 2.45) is 0 Å². The Labute approximate surface area is 164 Å². The number of carbonyl (C=O) groups is 1. The van der Waals surface area contributed by atoms with Crippen LogP contribution in [0.2, 0.25) is 0 Å². The third-order valence-electron chi connectivity index (χ3n) is 5.73. The number of pyridine rings is 1. The summed E-state index contributed by atoms with van der Waals surface area (Å²) in [6.45, 7) is 4.48. The third kappa shape index (κ3) is 3.02. The van der Waals surface area contributed by atoms with Gasteiger partial charge in [-0.15, -0.1) is 0 Å². The highest BCUT2D eigenvalue weighted by atomic mass is 16.5. The van der Waals surface area contributed by atoms with Crippen LogP contribution in [0, 0.1) is 0 Å². The number of amides is 1. The van der Waals surface area contributed by atoms with E-state index in [0.29, 0.717) is 25.3 Å². The Balaban J connectivity index is 1.50. The van der Waals surface area contributed by atoms with Gasteiger partial charge in [0.2, 0.25) is 0 Å². The molecule has 0 spiro atoms. The maximum absolute atomic E-state index is 13.4. The second kappa shape index (κ2) is 7.24. The Morgan fingerprint density at radius 2 is 1.61 bits per heavy atom. The van der Waals surface area contributed by atoms with Crippen LogP contribution < -0.4 is 4.90 Å². The number of hydrogen-bond donors (Lipinski definition) is 0. The highest BCUT2D eigenvalue weighted by molar-refractivity contribution is 6.09. The van der Waals surface area contributed by atoms with Gasteiger partial charge in [0.1, 0.15) is 5.82 Å². The number of morpholine rings is 1. The molecule has 0 N–H and O–H groups in total. The van der Waals surface area contributed by atoms with Crippen LogP contribution in [0.4, 0.5) is 5.82 Å². The lowest BCUT2D eigenvalue weighted by Crippen LogP contribution is -2.37. The van der Waals surface area contributed by atoms with E-state index in [4.69, 9.17) is 9.72 Å². The van der Waals surface area contributed by atoms with Crippen LogP contribution >= 0.6 is 0 Å². The van der Waals surface area contributed by atoms with E-state index in [0.717, 1.165) is 42.6 Å². The molecule has 0 radical (unpaired) electrons. The van der Waals surface area contributed by atoms with E-state index >= 15 is 0 Å². The molecule has 1 fully saturated rings. The topological polar surface area (TPSA) is 45.7 Å². The molecule has 0 atom stereocenters. The van der Waals surface area contributed by atoms with Gasteiger partial charge in [0.15, 0.2) is 0 Å². The fraction of sp³-hybridized carbons (Fsp3) is 0.304. The Kier molecular flexibility index (Phi) is 4.45. The SMILES string of the molecule is O=C(c1cnc(N2CCOCC2)c2ccccc12)N1CCc2ccccc2C1. The number of hydrogen-bond acceptors (Lipinski definition) is 4. The number of benzene rings is 2. The number of anilines is 1. The minimum Gasteiger partial charge on any atom is -0.378 e. The van der Waals surface area contributed by atoms with Gasteiger partial charge in [0.25, 0.3) is 5.91 Å². The number of carbonyl (C=O) groups excluding carboxylic acids is 1. The monoisotopic (exact) mass is 373 g/mol. The lowest BCUT2D eigenvalue weighted by molar-refractivity contribution is 0.0736. The maximum Gasteiger partial charge on any atom is 0.256 e. The maximum atomic E-state index is 13.4. The van der Waals surface area contributed by atoms with Gasteiger partial charge in [-0.2, -0.15) is 0 Å². The number of fused-ring (bicyclic) bond motifs is 2. The van der Waals surface area contributed by atoms with Crippen LogP contribution in [-0.2, 0) is 17.7 Å². The lowest BCUT2D eigenvalue weighted by Gasteiger charge is -2.31. The number of rotatable bonds is 2. The van der Waals surface area contributed by atoms with Crippen molar-refractivity contribution >= 4 is 22.5 Å². The zero-order chi connectivity index (χ0) is 18.9. The highest BCUT2D eigenvalue weighted by Gasteiger charge is 2.25. The summed E-state index contributed by atoms with van der Waals surface area (Å²) in [6, 6.07) is 16.5. The van der Waals surface area contributed by atoms with Crippen molar-refractivity contribution in [1.29, 1.82) is 0 Å². The summed E-state index contributed by atoms with van der Waals surface area (Å²) in [5.74, 6) is 1.01. The van der Waals surface area contributed by atoms with E-state index in [1.807, 2.05) is 29.2 Å². The van der Waals surface area contributed by atoms with Crippen LogP contribution in [0.1, 0.15) is 21.5 Å². The third-order valence-corrected chi connectivity index (χ3v) is 5.73. The van der Waals surface area contributed by atoms with E-state index in [1.165, 1.54) is 11.1 Å². The van der Waals surface area contributed by atoms with Gasteiger partial charge >= 0.3 is 0 Å². The molecule has 1 saturated heterocycles. The summed E-state index contributed by atoms with van der Waals surface area (Å²) in [5.41, 5.74) is 3.27. The van der Waals surface area contributed by atoms with Crippen LogP contribution in [0.25, 0.3) is 10.8 Å². The zero-order valence-electron chi connectivity index (χ0n) is 15.8. The highest BCUT2D eigenvalue weighted by Crippen LogP contribution is 2.29. The molecule has 5 heteroatoms. The van der Waals surface area contributed by atoms with Crippen molar-refractivity contribution < 1.29 is 9.53 Å². The molecular weight excluding hydrogens is 350 g/mol. The molecule has 2 aromatic carbocycles. The summed E-state index contributed by atoms with van der Waals surface area (Å²) in [7, 11) is 0. The first-order valence-electron chi connectivity index (χ1n) is 9.88. The molecule has 3 heterocycles. The van der Waals surface area contributed by atoms with Crippen LogP contribution in [0.15, 0.2) is 54.7 Å². The standard InChI is InChI=1S/C23H23N3O2/c27-23(26-10-9-17-5-1-2-6-18(17)16-26)21-15-24-22(25-11-13-28-14-12-25)20-8-4-3-7-19(20)21/h1-8,15H,9-14,16H2. The molecule has 1 aromatic heterocycles. The van der Waals surface area contributed by atoms with E-state index < -0.39 is 0 Å². The summed E-state index contributed by atoms with van der Waals surface area (Å²) < 4.78 is 5.47. The lowest BCUT2D eigenvalue weighted by atomic mass is 9.98. The second-order valence-corrected chi connectivity index (χ2v) is 7.39. The van der Waals surface area contributed by atoms with Crippen LogP contribution in [-0.4, -0.2) is 48.6 Å². The van der Waals surface area contributed by atoms with Crippen molar-refractivity contribution in [3.8, 4) is 0 Å². The fourth-order valence-corrected chi connectivity index (χ4v) is 4.21. The summed E-state index contributed by atoms with van der Waals surface area (Å²) in [6.07, 6.45) is 2.66. The first-order chi connectivity index (χ1) is 13.8.